The Kier molecular flexibility index (Phi) is 5.64. The Balaban J connectivity index is 2.77. The number of hydrogen-bond acceptors (Lipinski definition) is 4. The molecule has 1 rings (SSSR count). The molecule has 0 aliphatic rings. The first-order valence-corrected chi connectivity index (χ1v) is 5.86. The molecular weight excluding hydrogens is 202 g/mol. The van der Waals surface area contributed by atoms with E-state index in [4.69, 9.17) is 10.5 Å². The number of anilines is 1. The molecule has 90 valence electrons. The fourth-order valence-electron chi connectivity index (χ4n) is 1.57. The van der Waals surface area contributed by atoms with E-state index in [2.05, 4.69) is 16.8 Å². The summed E-state index contributed by atoms with van der Waals surface area (Å²) < 4.78 is 5.38. The van der Waals surface area contributed by atoms with Crippen molar-refractivity contribution in [1.29, 1.82) is 0 Å². The highest BCUT2D eigenvalue weighted by Crippen LogP contribution is 2.15. The molecule has 0 spiro atoms. The second-order valence-electron chi connectivity index (χ2n) is 3.54. The maximum atomic E-state index is 5.59. The first-order chi connectivity index (χ1) is 7.81. The Morgan fingerprint density at radius 1 is 1.31 bits per heavy atom. The van der Waals surface area contributed by atoms with E-state index in [1.807, 2.05) is 25.1 Å². The molecule has 0 aliphatic carbocycles. The van der Waals surface area contributed by atoms with Crippen molar-refractivity contribution < 1.29 is 4.74 Å². The number of pyridine rings is 1. The molecule has 0 aromatic carbocycles. The first-order valence-electron chi connectivity index (χ1n) is 5.86. The summed E-state index contributed by atoms with van der Waals surface area (Å²) >= 11 is 0. The van der Waals surface area contributed by atoms with Gasteiger partial charge >= 0.3 is 0 Å². The van der Waals surface area contributed by atoms with E-state index in [0.717, 1.165) is 25.3 Å². The van der Waals surface area contributed by atoms with Crippen molar-refractivity contribution in [2.45, 2.75) is 20.3 Å². The molecule has 0 bridgehead atoms. The molecule has 2 N–H and O–H groups in total. The van der Waals surface area contributed by atoms with Crippen LogP contribution in [0.25, 0.3) is 0 Å². The lowest BCUT2D eigenvalue weighted by Crippen LogP contribution is -2.30. The van der Waals surface area contributed by atoms with Gasteiger partial charge in [0.05, 0.1) is 6.61 Å². The van der Waals surface area contributed by atoms with E-state index < -0.39 is 0 Å². The molecule has 0 saturated heterocycles. The summed E-state index contributed by atoms with van der Waals surface area (Å²) in [5.41, 5.74) is 5.59. The van der Waals surface area contributed by atoms with E-state index in [0.29, 0.717) is 19.0 Å². The first kappa shape index (κ1) is 12.8. The summed E-state index contributed by atoms with van der Waals surface area (Å²) in [6, 6.07) is 5.83. The van der Waals surface area contributed by atoms with E-state index in [9.17, 15) is 0 Å². The molecule has 1 aromatic rings. The van der Waals surface area contributed by atoms with Crippen molar-refractivity contribution in [2.24, 2.45) is 5.73 Å². The monoisotopic (exact) mass is 223 g/mol. The fourth-order valence-corrected chi connectivity index (χ4v) is 1.57. The highest BCUT2D eigenvalue weighted by Gasteiger charge is 2.06. The van der Waals surface area contributed by atoms with Gasteiger partial charge < -0.3 is 15.4 Å². The summed E-state index contributed by atoms with van der Waals surface area (Å²) in [5, 5.41) is 0. The summed E-state index contributed by atoms with van der Waals surface area (Å²) in [4.78, 5) is 6.63. The zero-order valence-corrected chi connectivity index (χ0v) is 10.1. The zero-order chi connectivity index (χ0) is 11.8. The predicted molar refractivity (Wildman–Crippen MR) is 67.0 cm³/mol. The van der Waals surface area contributed by atoms with Crippen LogP contribution in [0.3, 0.4) is 0 Å². The zero-order valence-electron chi connectivity index (χ0n) is 10.1. The quantitative estimate of drug-likeness (QED) is 0.763. The van der Waals surface area contributed by atoms with Crippen molar-refractivity contribution in [1.82, 2.24) is 4.98 Å². The van der Waals surface area contributed by atoms with Crippen LogP contribution < -0.4 is 15.4 Å². The molecule has 4 nitrogen and oxygen atoms in total. The van der Waals surface area contributed by atoms with Gasteiger partial charge in [0.15, 0.2) is 0 Å². The summed E-state index contributed by atoms with van der Waals surface area (Å²) in [6.45, 7) is 7.19. The van der Waals surface area contributed by atoms with Crippen molar-refractivity contribution in [2.75, 3.05) is 31.1 Å². The fraction of sp³-hybridized carbons (Fsp3) is 0.583. The Labute approximate surface area is 97.4 Å². The van der Waals surface area contributed by atoms with Crippen LogP contribution in [0, 0.1) is 0 Å². The minimum Gasteiger partial charge on any atom is -0.478 e. The molecule has 0 atom stereocenters. The standard InChI is InChI=1S/C12H21N3O/c1-3-9-15(10-8-13)11-6-5-7-12(14-11)16-4-2/h5-7H,3-4,8-10,13H2,1-2H3. The molecule has 4 heteroatoms. The lowest BCUT2D eigenvalue weighted by molar-refractivity contribution is 0.327. The molecule has 16 heavy (non-hydrogen) atoms. The summed E-state index contributed by atoms with van der Waals surface area (Å²) in [5.74, 6) is 1.62. The van der Waals surface area contributed by atoms with Gasteiger partial charge in [-0.05, 0) is 19.4 Å². The van der Waals surface area contributed by atoms with E-state index >= 15 is 0 Å². The average Bonchev–Trinajstić information content (AvgIpc) is 2.30. The smallest absolute Gasteiger partial charge is 0.215 e. The van der Waals surface area contributed by atoms with Crippen LogP contribution in [0.1, 0.15) is 20.3 Å². The number of nitrogens with two attached hydrogens (primary N) is 1. The van der Waals surface area contributed by atoms with Crippen molar-refractivity contribution in [3.8, 4) is 5.88 Å². The molecule has 0 radical (unpaired) electrons. The van der Waals surface area contributed by atoms with Crippen LogP contribution in [0.15, 0.2) is 18.2 Å². The third-order valence-corrected chi connectivity index (χ3v) is 2.22. The molecule has 0 amide bonds. The van der Waals surface area contributed by atoms with Crippen molar-refractivity contribution in [3.63, 3.8) is 0 Å². The SMILES string of the molecule is CCCN(CCN)c1cccc(OCC)n1. The molecule has 0 unspecified atom stereocenters. The molecule has 0 fully saturated rings. The number of hydrogen-bond donors (Lipinski definition) is 1. The largest absolute Gasteiger partial charge is 0.478 e. The Morgan fingerprint density at radius 3 is 2.75 bits per heavy atom. The topological polar surface area (TPSA) is 51.4 Å². The summed E-state index contributed by atoms with van der Waals surface area (Å²) in [6.07, 6.45) is 1.08. The normalized spacial score (nSPS) is 10.2. The molecule has 0 saturated carbocycles. The average molecular weight is 223 g/mol. The minimum absolute atomic E-state index is 0.639. The molecule has 1 heterocycles. The van der Waals surface area contributed by atoms with E-state index in [1.165, 1.54) is 0 Å². The number of nitrogens with zero attached hydrogens (tertiary/aromatic N) is 2. The van der Waals surface area contributed by atoms with Crippen LogP contribution in [0.4, 0.5) is 5.82 Å². The van der Waals surface area contributed by atoms with Gasteiger partial charge in [0.1, 0.15) is 5.82 Å². The third kappa shape index (κ3) is 3.70. The van der Waals surface area contributed by atoms with Crippen LogP contribution in [-0.4, -0.2) is 31.2 Å². The molecule has 1 aromatic heterocycles. The second kappa shape index (κ2) is 7.06. The minimum atomic E-state index is 0.639. The van der Waals surface area contributed by atoms with Gasteiger partial charge in [0, 0.05) is 25.7 Å². The second-order valence-corrected chi connectivity index (χ2v) is 3.54. The lowest BCUT2D eigenvalue weighted by Gasteiger charge is -2.22. The predicted octanol–water partition coefficient (Wildman–Crippen LogP) is 1.66. The van der Waals surface area contributed by atoms with Crippen LogP contribution in [-0.2, 0) is 0 Å². The Morgan fingerprint density at radius 2 is 2.12 bits per heavy atom. The Hall–Kier alpha value is -1.29. The van der Waals surface area contributed by atoms with E-state index in [1.54, 1.807) is 0 Å². The number of ether oxygens (including phenoxy) is 1. The highest BCUT2D eigenvalue weighted by atomic mass is 16.5. The lowest BCUT2D eigenvalue weighted by atomic mass is 10.3. The third-order valence-electron chi connectivity index (χ3n) is 2.22. The van der Waals surface area contributed by atoms with Gasteiger partial charge in [-0.2, -0.15) is 4.98 Å². The van der Waals surface area contributed by atoms with Gasteiger partial charge in [0.25, 0.3) is 0 Å². The maximum Gasteiger partial charge on any atom is 0.215 e. The van der Waals surface area contributed by atoms with Gasteiger partial charge in [-0.25, -0.2) is 0 Å². The van der Waals surface area contributed by atoms with Crippen molar-refractivity contribution >= 4 is 5.82 Å². The molecule has 0 aliphatic heterocycles. The number of rotatable bonds is 7. The van der Waals surface area contributed by atoms with Crippen molar-refractivity contribution in [3.05, 3.63) is 18.2 Å². The van der Waals surface area contributed by atoms with E-state index in [-0.39, 0.29) is 0 Å². The van der Waals surface area contributed by atoms with Gasteiger partial charge in [0.2, 0.25) is 5.88 Å². The Bertz CT molecular complexity index is 298. The summed E-state index contributed by atoms with van der Waals surface area (Å²) in [7, 11) is 0. The van der Waals surface area contributed by atoms with Gasteiger partial charge in [-0.15, -0.1) is 0 Å². The van der Waals surface area contributed by atoms with Crippen LogP contribution in [0.2, 0.25) is 0 Å². The van der Waals surface area contributed by atoms with Crippen LogP contribution in [0.5, 0.6) is 5.88 Å². The van der Waals surface area contributed by atoms with Gasteiger partial charge in [-0.3, -0.25) is 0 Å². The highest BCUT2D eigenvalue weighted by molar-refractivity contribution is 5.40. The number of aromatic nitrogens is 1. The van der Waals surface area contributed by atoms with Gasteiger partial charge in [-0.1, -0.05) is 13.0 Å². The maximum absolute atomic E-state index is 5.59. The molecular formula is C12H21N3O. The van der Waals surface area contributed by atoms with Crippen LogP contribution >= 0.6 is 0 Å².